The van der Waals surface area contributed by atoms with Crippen LogP contribution in [-0.2, 0) is 6.54 Å². The summed E-state index contributed by atoms with van der Waals surface area (Å²) < 4.78 is 0. The van der Waals surface area contributed by atoms with Gasteiger partial charge in [0.05, 0.1) is 0 Å². The van der Waals surface area contributed by atoms with E-state index in [0.717, 1.165) is 31.4 Å². The molecule has 2 aromatic rings. The van der Waals surface area contributed by atoms with E-state index >= 15 is 0 Å². The fraction of sp³-hybridized carbons (Fsp3) is 0.500. The van der Waals surface area contributed by atoms with E-state index in [1.807, 2.05) is 49.7 Å². The van der Waals surface area contributed by atoms with Gasteiger partial charge in [-0.1, -0.05) is 6.07 Å². The number of anilines is 2. The van der Waals surface area contributed by atoms with Crippen molar-refractivity contribution in [2.75, 3.05) is 44.0 Å². The molecule has 1 aliphatic rings. The maximum absolute atomic E-state index is 4.67. The van der Waals surface area contributed by atoms with Gasteiger partial charge in [0.1, 0.15) is 5.82 Å². The molecule has 3 rings (SSSR count). The van der Waals surface area contributed by atoms with Crippen molar-refractivity contribution in [3.8, 4) is 0 Å². The van der Waals surface area contributed by atoms with Crippen LogP contribution in [0.1, 0.15) is 18.4 Å². The van der Waals surface area contributed by atoms with E-state index in [9.17, 15) is 0 Å². The first kappa shape index (κ1) is 16.6. The monoisotopic (exact) mass is 326 g/mol. The molecule has 0 spiro atoms. The molecule has 1 unspecified atom stereocenters. The third-order valence-corrected chi connectivity index (χ3v) is 4.56. The zero-order valence-electron chi connectivity index (χ0n) is 14.8. The summed E-state index contributed by atoms with van der Waals surface area (Å²) in [6.45, 7) is 3.12. The maximum atomic E-state index is 4.67. The molecule has 0 amide bonds. The standard InChI is InChI=1S/C18H26N6/c1-22(2)17-8-10-20-18(21-17)23(3)16-7-5-11-24(14-16)13-15-6-4-9-19-12-15/h4,6,8-10,12,16H,5,7,11,13-14H2,1-3H3. The number of piperidine rings is 1. The molecule has 0 N–H and O–H groups in total. The number of likely N-dealkylation sites (N-methyl/N-ethyl adjacent to an activating group) is 1. The predicted octanol–water partition coefficient (Wildman–Crippen LogP) is 2.04. The van der Waals surface area contributed by atoms with Crippen LogP contribution in [-0.4, -0.2) is 60.1 Å². The summed E-state index contributed by atoms with van der Waals surface area (Å²) >= 11 is 0. The quantitative estimate of drug-likeness (QED) is 0.838. The lowest BCUT2D eigenvalue weighted by Gasteiger charge is -2.37. The third kappa shape index (κ3) is 4.00. The normalized spacial score (nSPS) is 18.4. The average molecular weight is 326 g/mol. The van der Waals surface area contributed by atoms with Crippen LogP contribution in [0.4, 0.5) is 11.8 Å². The van der Waals surface area contributed by atoms with Gasteiger partial charge in [0, 0.05) is 58.9 Å². The van der Waals surface area contributed by atoms with Crippen LogP contribution in [0.15, 0.2) is 36.8 Å². The van der Waals surface area contributed by atoms with Crippen LogP contribution >= 0.6 is 0 Å². The van der Waals surface area contributed by atoms with Gasteiger partial charge in [-0.3, -0.25) is 9.88 Å². The fourth-order valence-electron chi connectivity index (χ4n) is 3.16. The van der Waals surface area contributed by atoms with E-state index < -0.39 is 0 Å². The molecular weight excluding hydrogens is 300 g/mol. The number of pyridine rings is 1. The lowest BCUT2D eigenvalue weighted by molar-refractivity contribution is 0.198. The number of hydrogen-bond donors (Lipinski definition) is 0. The van der Waals surface area contributed by atoms with Gasteiger partial charge in [-0.05, 0) is 37.1 Å². The Balaban J connectivity index is 1.66. The minimum absolute atomic E-state index is 0.438. The topological polar surface area (TPSA) is 48.4 Å². The molecule has 0 saturated carbocycles. The summed E-state index contributed by atoms with van der Waals surface area (Å²) in [5, 5.41) is 0. The Morgan fingerprint density at radius 3 is 2.83 bits per heavy atom. The zero-order valence-corrected chi connectivity index (χ0v) is 14.8. The summed E-state index contributed by atoms with van der Waals surface area (Å²) in [5.41, 5.74) is 1.27. The molecule has 1 atom stereocenters. The van der Waals surface area contributed by atoms with Crippen molar-refractivity contribution in [1.29, 1.82) is 0 Å². The summed E-state index contributed by atoms with van der Waals surface area (Å²) in [5.74, 6) is 1.74. The molecule has 1 fully saturated rings. The van der Waals surface area contributed by atoms with Crippen molar-refractivity contribution in [2.24, 2.45) is 0 Å². The fourth-order valence-corrected chi connectivity index (χ4v) is 3.16. The van der Waals surface area contributed by atoms with Crippen LogP contribution in [0.25, 0.3) is 0 Å². The van der Waals surface area contributed by atoms with Crippen LogP contribution < -0.4 is 9.80 Å². The van der Waals surface area contributed by atoms with Crippen molar-refractivity contribution in [3.63, 3.8) is 0 Å². The zero-order chi connectivity index (χ0) is 16.9. The Morgan fingerprint density at radius 2 is 2.08 bits per heavy atom. The molecule has 24 heavy (non-hydrogen) atoms. The number of aromatic nitrogens is 3. The van der Waals surface area contributed by atoms with Gasteiger partial charge in [-0.15, -0.1) is 0 Å². The van der Waals surface area contributed by atoms with E-state index in [1.165, 1.54) is 18.4 Å². The van der Waals surface area contributed by atoms with Crippen molar-refractivity contribution in [1.82, 2.24) is 19.9 Å². The van der Waals surface area contributed by atoms with Gasteiger partial charge in [0.15, 0.2) is 0 Å². The Hall–Kier alpha value is -2.21. The first-order valence-corrected chi connectivity index (χ1v) is 8.48. The average Bonchev–Trinajstić information content (AvgIpc) is 2.62. The van der Waals surface area contributed by atoms with Crippen molar-refractivity contribution >= 4 is 11.8 Å². The van der Waals surface area contributed by atoms with Crippen LogP contribution in [0.5, 0.6) is 0 Å². The predicted molar refractivity (Wildman–Crippen MR) is 97.3 cm³/mol. The highest BCUT2D eigenvalue weighted by Crippen LogP contribution is 2.21. The summed E-state index contributed by atoms with van der Waals surface area (Å²) in [4.78, 5) is 20.1. The summed E-state index contributed by atoms with van der Waals surface area (Å²) in [6, 6.07) is 6.52. The summed E-state index contributed by atoms with van der Waals surface area (Å²) in [7, 11) is 6.11. The molecule has 2 aromatic heterocycles. The Labute approximate surface area is 144 Å². The minimum Gasteiger partial charge on any atom is -0.363 e. The highest BCUT2D eigenvalue weighted by atomic mass is 15.3. The molecular formula is C18H26N6. The van der Waals surface area contributed by atoms with Gasteiger partial charge < -0.3 is 9.80 Å². The van der Waals surface area contributed by atoms with E-state index in [0.29, 0.717) is 6.04 Å². The largest absolute Gasteiger partial charge is 0.363 e. The van der Waals surface area contributed by atoms with Crippen LogP contribution in [0.2, 0.25) is 0 Å². The molecule has 0 bridgehead atoms. The lowest BCUT2D eigenvalue weighted by atomic mass is 10.0. The van der Waals surface area contributed by atoms with Crippen molar-refractivity contribution in [3.05, 3.63) is 42.4 Å². The molecule has 0 radical (unpaired) electrons. The summed E-state index contributed by atoms with van der Waals surface area (Å²) in [6.07, 6.45) is 7.99. The van der Waals surface area contributed by atoms with Crippen LogP contribution in [0, 0.1) is 0 Å². The van der Waals surface area contributed by atoms with E-state index in [-0.39, 0.29) is 0 Å². The van der Waals surface area contributed by atoms with Gasteiger partial charge in [0.25, 0.3) is 0 Å². The molecule has 0 aliphatic carbocycles. The second-order valence-electron chi connectivity index (χ2n) is 6.61. The Morgan fingerprint density at radius 1 is 1.21 bits per heavy atom. The molecule has 128 valence electrons. The van der Waals surface area contributed by atoms with E-state index in [2.05, 4.69) is 37.9 Å². The number of rotatable bonds is 5. The second kappa shape index (κ2) is 7.57. The highest BCUT2D eigenvalue weighted by molar-refractivity contribution is 5.42. The third-order valence-electron chi connectivity index (χ3n) is 4.56. The smallest absolute Gasteiger partial charge is 0.227 e. The molecule has 1 aliphatic heterocycles. The molecule has 1 saturated heterocycles. The number of hydrogen-bond acceptors (Lipinski definition) is 6. The van der Waals surface area contributed by atoms with Crippen molar-refractivity contribution in [2.45, 2.75) is 25.4 Å². The Kier molecular flexibility index (Phi) is 5.25. The molecule has 6 nitrogen and oxygen atoms in total. The van der Waals surface area contributed by atoms with Gasteiger partial charge in [-0.25, -0.2) is 4.98 Å². The minimum atomic E-state index is 0.438. The highest BCUT2D eigenvalue weighted by Gasteiger charge is 2.25. The Bertz CT molecular complexity index is 645. The molecule has 3 heterocycles. The lowest BCUT2D eigenvalue weighted by Crippen LogP contribution is -2.46. The molecule has 6 heteroatoms. The number of likely N-dealkylation sites (tertiary alicyclic amines) is 1. The SMILES string of the molecule is CN(C)c1ccnc(N(C)C2CCCN(Cc3cccnc3)C2)n1. The number of nitrogens with zero attached hydrogens (tertiary/aromatic N) is 6. The first-order valence-electron chi connectivity index (χ1n) is 8.48. The second-order valence-corrected chi connectivity index (χ2v) is 6.61. The first-order chi connectivity index (χ1) is 11.6. The van der Waals surface area contributed by atoms with Gasteiger partial charge in [-0.2, -0.15) is 4.98 Å². The molecule has 0 aromatic carbocycles. The maximum Gasteiger partial charge on any atom is 0.227 e. The van der Waals surface area contributed by atoms with Crippen LogP contribution in [0.3, 0.4) is 0 Å². The van der Waals surface area contributed by atoms with Gasteiger partial charge >= 0.3 is 0 Å². The van der Waals surface area contributed by atoms with Gasteiger partial charge in [0.2, 0.25) is 5.95 Å². The van der Waals surface area contributed by atoms with E-state index in [4.69, 9.17) is 0 Å². The van der Waals surface area contributed by atoms with E-state index in [1.54, 1.807) is 0 Å². The van der Waals surface area contributed by atoms with Crippen molar-refractivity contribution < 1.29 is 0 Å².